The monoisotopic (exact) mass is 228 g/mol. The van der Waals surface area contributed by atoms with E-state index in [4.69, 9.17) is 0 Å². The lowest BCUT2D eigenvalue weighted by molar-refractivity contribution is 0.905. The van der Waals surface area contributed by atoms with E-state index in [0.29, 0.717) is 0 Å². The van der Waals surface area contributed by atoms with Gasteiger partial charge in [0, 0.05) is 18.1 Å². The first kappa shape index (κ1) is 9.35. The fourth-order valence-electron chi connectivity index (χ4n) is 1.40. The molecule has 0 bridgehead atoms. The van der Waals surface area contributed by atoms with E-state index in [2.05, 4.69) is 15.3 Å². The fraction of sp³-hybridized carbons (Fsp3) is 0. The van der Waals surface area contributed by atoms with Crippen LogP contribution in [-0.2, 0) is 0 Å². The van der Waals surface area contributed by atoms with Crippen LogP contribution in [0, 0.1) is 0 Å². The molecule has 2 aromatic heterocycles. The topological polar surface area (TPSA) is 43.6 Å². The van der Waals surface area contributed by atoms with E-state index in [-0.39, 0.29) is 0 Å². The molecule has 0 radical (unpaired) electrons. The fourth-order valence-corrected chi connectivity index (χ4v) is 2.15. The molecule has 3 aromatic rings. The number of pyridine rings is 1. The van der Waals surface area contributed by atoms with Crippen molar-refractivity contribution in [3.63, 3.8) is 0 Å². The molecule has 78 valence electrons. The summed E-state index contributed by atoms with van der Waals surface area (Å²) >= 11 is 1.46. The molecule has 1 aromatic carbocycles. The Morgan fingerprint density at radius 2 is 1.88 bits per heavy atom. The Hall–Kier alpha value is -1.88. The van der Waals surface area contributed by atoms with Crippen LogP contribution in [0.25, 0.3) is 11.0 Å². The number of fused-ring (bicyclic) bond motifs is 1. The normalized spacial score (nSPS) is 10.8. The molecule has 0 aliphatic rings. The van der Waals surface area contributed by atoms with Gasteiger partial charge < -0.3 is 0 Å². The van der Waals surface area contributed by atoms with Crippen molar-refractivity contribution < 1.29 is 0 Å². The van der Waals surface area contributed by atoms with Gasteiger partial charge in [-0.25, -0.2) is 4.98 Å². The van der Waals surface area contributed by atoms with E-state index < -0.39 is 0 Å². The zero-order chi connectivity index (χ0) is 10.8. The Morgan fingerprint density at radius 1 is 1.00 bits per heavy atom. The molecule has 5 heteroatoms. The Bertz CT molecular complexity index is 605. The Kier molecular flexibility index (Phi) is 2.30. The van der Waals surface area contributed by atoms with Gasteiger partial charge in [-0.05, 0) is 24.3 Å². The van der Waals surface area contributed by atoms with E-state index in [1.807, 2.05) is 42.5 Å². The summed E-state index contributed by atoms with van der Waals surface area (Å²) in [4.78, 5) is 4.23. The molecule has 0 fully saturated rings. The molecule has 0 unspecified atom stereocenters. The molecule has 4 nitrogen and oxygen atoms in total. The first-order valence-electron chi connectivity index (χ1n) is 4.83. The van der Waals surface area contributed by atoms with Gasteiger partial charge in [0.25, 0.3) is 0 Å². The zero-order valence-electron chi connectivity index (χ0n) is 8.32. The highest BCUT2D eigenvalue weighted by atomic mass is 32.2. The van der Waals surface area contributed by atoms with Crippen LogP contribution in [0.3, 0.4) is 0 Å². The van der Waals surface area contributed by atoms with Crippen molar-refractivity contribution in [2.24, 2.45) is 0 Å². The standard InChI is InChI=1S/C11H8N4S/c1-2-6-10-9(5-1)13-14-15(10)16-11-7-3-4-8-12-11/h1-8H. The highest BCUT2D eigenvalue weighted by molar-refractivity contribution is 7.97. The number of nitrogens with zero attached hydrogens (tertiary/aromatic N) is 4. The van der Waals surface area contributed by atoms with Crippen molar-refractivity contribution in [3.05, 3.63) is 48.7 Å². The third-order valence-electron chi connectivity index (χ3n) is 2.14. The predicted octanol–water partition coefficient (Wildman–Crippen LogP) is 2.38. The molecule has 16 heavy (non-hydrogen) atoms. The maximum Gasteiger partial charge on any atom is 0.119 e. The molecule has 0 amide bonds. The number of rotatable bonds is 2. The largest absolute Gasteiger partial charge is 0.248 e. The van der Waals surface area contributed by atoms with Gasteiger partial charge in [0.05, 0.1) is 0 Å². The van der Waals surface area contributed by atoms with Gasteiger partial charge in [0.2, 0.25) is 0 Å². The van der Waals surface area contributed by atoms with Crippen LogP contribution in [0.4, 0.5) is 0 Å². The molecule has 3 rings (SSSR count). The van der Waals surface area contributed by atoms with Crippen LogP contribution in [0.15, 0.2) is 53.7 Å². The minimum Gasteiger partial charge on any atom is -0.248 e. The Morgan fingerprint density at radius 3 is 2.75 bits per heavy atom. The van der Waals surface area contributed by atoms with Gasteiger partial charge in [0.15, 0.2) is 0 Å². The first-order chi connectivity index (χ1) is 7.93. The van der Waals surface area contributed by atoms with Gasteiger partial charge in [-0.3, -0.25) is 0 Å². The quantitative estimate of drug-likeness (QED) is 0.675. The lowest BCUT2D eigenvalue weighted by Crippen LogP contribution is -1.90. The molecule has 2 heterocycles. The summed E-state index contributed by atoms with van der Waals surface area (Å²) < 4.78 is 1.78. The average Bonchev–Trinajstić information content (AvgIpc) is 2.74. The summed E-state index contributed by atoms with van der Waals surface area (Å²) in [6.07, 6.45) is 1.77. The van der Waals surface area contributed by atoms with E-state index in [1.54, 1.807) is 10.3 Å². The minimum atomic E-state index is 0.894. The summed E-state index contributed by atoms with van der Waals surface area (Å²) in [5.74, 6) is 0. The number of hydrogen-bond acceptors (Lipinski definition) is 4. The highest BCUT2D eigenvalue weighted by Crippen LogP contribution is 2.21. The third-order valence-corrected chi connectivity index (χ3v) is 3.01. The van der Waals surface area contributed by atoms with Gasteiger partial charge in [0.1, 0.15) is 16.1 Å². The van der Waals surface area contributed by atoms with Gasteiger partial charge in [-0.1, -0.05) is 23.4 Å². The maximum absolute atomic E-state index is 4.23. The molecule has 0 atom stereocenters. The average molecular weight is 228 g/mol. The molecule has 0 spiro atoms. The minimum absolute atomic E-state index is 0.894. The van der Waals surface area contributed by atoms with Crippen molar-refractivity contribution >= 4 is 23.0 Å². The van der Waals surface area contributed by atoms with Crippen LogP contribution in [0.1, 0.15) is 0 Å². The van der Waals surface area contributed by atoms with Crippen LogP contribution < -0.4 is 0 Å². The second-order valence-electron chi connectivity index (χ2n) is 3.21. The number of aromatic nitrogens is 4. The zero-order valence-corrected chi connectivity index (χ0v) is 9.13. The predicted molar refractivity (Wildman–Crippen MR) is 63.0 cm³/mol. The van der Waals surface area contributed by atoms with Gasteiger partial charge >= 0.3 is 0 Å². The molecule has 0 aliphatic carbocycles. The smallest absolute Gasteiger partial charge is 0.119 e. The summed E-state index contributed by atoms with van der Waals surface area (Å²) in [5, 5.41) is 9.06. The van der Waals surface area contributed by atoms with E-state index in [0.717, 1.165) is 16.1 Å². The van der Waals surface area contributed by atoms with Crippen LogP contribution in [0.5, 0.6) is 0 Å². The second-order valence-corrected chi connectivity index (χ2v) is 4.16. The Balaban J connectivity index is 2.01. The number of hydrogen-bond donors (Lipinski definition) is 0. The highest BCUT2D eigenvalue weighted by Gasteiger charge is 2.04. The van der Waals surface area contributed by atoms with Crippen molar-refractivity contribution in [3.8, 4) is 0 Å². The summed E-state index contributed by atoms with van der Waals surface area (Å²) in [6.45, 7) is 0. The first-order valence-corrected chi connectivity index (χ1v) is 5.61. The molecule has 0 aliphatic heterocycles. The van der Waals surface area contributed by atoms with E-state index in [1.165, 1.54) is 11.9 Å². The van der Waals surface area contributed by atoms with Gasteiger partial charge in [-0.15, -0.1) is 5.10 Å². The summed E-state index contributed by atoms with van der Waals surface area (Å²) in [6, 6.07) is 13.6. The van der Waals surface area contributed by atoms with Crippen LogP contribution in [-0.4, -0.2) is 19.4 Å². The lowest BCUT2D eigenvalue weighted by atomic mass is 10.3. The molecule has 0 N–H and O–H groups in total. The molecular formula is C11H8N4S. The van der Waals surface area contributed by atoms with Crippen LogP contribution >= 0.6 is 11.9 Å². The number of benzene rings is 1. The third kappa shape index (κ3) is 1.65. The van der Waals surface area contributed by atoms with Crippen molar-refractivity contribution in [2.75, 3.05) is 0 Å². The maximum atomic E-state index is 4.23. The summed E-state index contributed by atoms with van der Waals surface area (Å²) in [7, 11) is 0. The van der Waals surface area contributed by atoms with Gasteiger partial charge in [-0.2, -0.15) is 4.09 Å². The second kappa shape index (κ2) is 3.94. The SMILES string of the molecule is c1ccc(Sn2nnc3ccccc32)nc1. The van der Waals surface area contributed by atoms with Crippen molar-refractivity contribution in [1.82, 2.24) is 19.4 Å². The van der Waals surface area contributed by atoms with Crippen LogP contribution in [0.2, 0.25) is 0 Å². The van der Waals surface area contributed by atoms with Crippen molar-refractivity contribution in [1.29, 1.82) is 0 Å². The number of para-hydroxylation sites is 1. The summed E-state index contributed by atoms with van der Waals surface area (Å²) in [5.41, 5.74) is 1.89. The van der Waals surface area contributed by atoms with Crippen molar-refractivity contribution in [2.45, 2.75) is 5.03 Å². The van der Waals surface area contributed by atoms with E-state index >= 15 is 0 Å². The van der Waals surface area contributed by atoms with E-state index in [9.17, 15) is 0 Å². The Labute approximate surface area is 96.4 Å². The molecule has 0 saturated heterocycles. The lowest BCUT2D eigenvalue weighted by Gasteiger charge is -1.99. The molecular weight excluding hydrogens is 220 g/mol. The molecule has 0 saturated carbocycles.